The lowest BCUT2D eigenvalue weighted by atomic mass is 9.98. The minimum atomic E-state index is -0.318. The van der Waals surface area contributed by atoms with E-state index >= 15 is 0 Å². The number of nitrogens with zero attached hydrogens (tertiary/aromatic N) is 2. The van der Waals surface area contributed by atoms with Gasteiger partial charge in [-0.2, -0.15) is 0 Å². The van der Waals surface area contributed by atoms with E-state index in [9.17, 15) is 4.79 Å². The lowest BCUT2D eigenvalue weighted by Crippen LogP contribution is -2.27. The number of aromatic amines is 1. The van der Waals surface area contributed by atoms with Crippen molar-refractivity contribution in [2.24, 2.45) is 0 Å². The highest BCUT2D eigenvalue weighted by Crippen LogP contribution is 2.22. The highest BCUT2D eigenvalue weighted by Gasteiger charge is 2.18. The normalized spacial score (nSPS) is 19.3. The second-order valence-corrected chi connectivity index (χ2v) is 7.93. The Morgan fingerprint density at radius 2 is 1.96 bits per heavy atom. The highest BCUT2D eigenvalue weighted by molar-refractivity contribution is 5.37. The molecule has 1 aromatic heterocycles. The third-order valence-electron chi connectivity index (χ3n) is 4.66. The van der Waals surface area contributed by atoms with Crippen LogP contribution < -0.4 is 5.32 Å². The van der Waals surface area contributed by atoms with Gasteiger partial charge in [-0.1, -0.05) is 0 Å². The fourth-order valence-electron chi connectivity index (χ4n) is 3.23. The van der Waals surface area contributed by atoms with Gasteiger partial charge in [0.25, 0.3) is 6.47 Å². The average molecular weight is 351 g/mol. The van der Waals surface area contributed by atoms with Crippen LogP contribution in [0.3, 0.4) is 0 Å². The number of imidazole rings is 1. The van der Waals surface area contributed by atoms with Crippen LogP contribution in [0, 0.1) is 0 Å². The van der Waals surface area contributed by atoms with Crippen molar-refractivity contribution >= 4 is 6.47 Å². The summed E-state index contributed by atoms with van der Waals surface area (Å²) in [6.45, 7) is 11.9. The van der Waals surface area contributed by atoms with Gasteiger partial charge in [-0.25, -0.2) is 4.98 Å². The topological polar surface area (TPSA) is 70.2 Å². The third kappa shape index (κ3) is 7.57. The number of carbonyl (C=O) groups excluding carboxylic acids is 1. The molecule has 2 N–H and O–H groups in total. The molecule has 0 amide bonds. The second kappa shape index (κ2) is 9.92. The van der Waals surface area contributed by atoms with Gasteiger partial charge in [0.15, 0.2) is 0 Å². The Morgan fingerprint density at radius 1 is 1.28 bits per heavy atom. The van der Waals surface area contributed by atoms with Gasteiger partial charge in [-0.05, 0) is 72.6 Å². The summed E-state index contributed by atoms with van der Waals surface area (Å²) >= 11 is 0. The molecule has 0 atom stereocenters. The SMILES string of the molecule is CC(C)(C)OC=O.c1[nH]c(C2CCNCC2)nc1CCN1CCCC1. The van der Waals surface area contributed by atoms with Gasteiger partial charge in [0.05, 0.1) is 5.69 Å². The fraction of sp³-hybridized carbons (Fsp3) is 0.789. The zero-order valence-electron chi connectivity index (χ0n) is 16.0. The molecule has 0 unspecified atom stereocenters. The Hall–Kier alpha value is -1.40. The maximum absolute atomic E-state index is 9.60. The predicted molar refractivity (Wildman–Crippen MR) is 99.7 cm³/mol. The summed E-state index contributed by atoms with van der Waals surface area (Å²) in [6, 6.07) is 0. The number of ether oxygens (including phenoxy) is 1. The molecule has 2 aliphatic heterocycles. The molecule has 2 saturated heterocycles. The number of H-pyrrole nitrogens is 1. The molecular formula is C19H34N4O2. The number of nitrogens with one attached hydrogen (secondary N) is 2. The molecule has 0 saturated carbocycles. The van der Waals surface area contributed by atoms with Gasteiger partial charge in [0.1, 0.15) is 11.4 Å². The van der Waals surface area contributed by atoms with Crippen molar-refractivity contribution < 1.29 is 9.53 Å². The van der Waals surface area contributed by atoms with Crippen molar-refractivity contribution in [2.75, 3.05) is 32.7 Å². The summed E-state index contributed by atoms with van der Waals surface area (Å²) in [7, 11) is 0. The summed E-state index contributed by atoms with van der Waals surface area (Å²) in [5.74, 6) is 1.86. The van der Waals surface area contributed by atoms with Gasteiger partial charge < -0.3 is 19.9 Å². The van der Waals surface area contributed by atoms with E-state index in [1.54, 1.807) is 0 Å². The molecule has 2 aliphatic rings. The molecule has 0 aliphatic carbocycles. The zero-order valence-corrected chi connectivity index (χ0v) is 16.0. The van der Waals surface area contributed by atoms with Crippen molar-refractivity contribution in [2.45, 2.75) is 64.4 Å². The van der Waals surface area contributed by atoms with E-state index in [-0.39, 0.29) is 5.60 Å². The molecule has 1 aromatic rings. The summed E-state index contributed by atoms with van der Waals surface area (Å²) in [5, 5.41) is 3.41. The van der Waals surface area contributed by atoms with Gasteiger partial charge in [-0.3, -0.25) is 4.79 Å². The van der Waals surface area contributed by atoms with Crippen molar-refractivity contribution in [1.29, 1.82) is 0 Å². The molecule has 6 heteroatoms. The summed E-state index contributed by atoms with van der Waals surface area (Å²) in [6.07, 6.45) is 8.41. The van der Waals surface area contributed by atoms with Gasteiger partial charge in [0.2, 0.25) is 0 Å². The molecule has 6 nitrogen and oxygen atoms in total. The largest absolute Gasteiger partial charge is 0.462 e. The summed E-state index contributed by atoms with van der Waals surface area (Å²) in [5.41, 5.74) is 0.928. The van der Waals surface area contributed by atoms with Gasteiger partial charge >= 0.3 is 0 Å². The van der Waals surface area contributed by atoms with Crippen LogP contribution in [0.5, 0.6) is 0 Å². The van der Waals surface area contributed by atoms with Crippen molar-refractivity contribution in [3.63, 3.8) is 0 Å². The average Bonchev–Trinajstić information content (AvgIpc) is 3.25. The first-order chi connectivity index (χ1) is 12.0. The first-order valence-corrected chi connectivity index (χ1v) is 9.56. The first-order valence-electron chi connectivity index (χ1n) is 9.56. The maximum atomic E-state index is 9.60. The van der Waals surface area contributed by atoms with Crippen LogP contribution >= 0.6 is 0 Å². The minimum absolute atomic E-state index is 0.318. The Morgan fingerprint density at radius 3 is 2.52 bits per heavy atom. The van der Waals surface area contributed by atoms with Crippen molar-refractivity contribution in [3.05, 3.63) is 17.7 Å². The Labute approximate surface area is 151 Å². The number of rotatable bonds is 5. The number of hydrogen-bond donors (Lipinski definition) is 2. The molecule has 142 valence electrons. The molecule has 25 heavy (non-hydrogen) atoms. The van der Waals surface area contributed by atoms with Crippen LogP contribution in [0.4, 0.5) is 0 Å². The van der Waals surface area contributed by atoms with E-state index in [0.29, 0.717) is 12.4 Å². The Kier molecular flexibility index (Phi) is 7.90. The first kappa shape index (κ1) is 19.9. The Bertz CT molecular complexity index is 498. The van der Waals surface area contributed by atoms with E-state index < -0.39 is 0 Å². The second-order valence-electron chi connectivity index (χ2n) is 7.93. The zero-order chi connectivity index (χ0) is 18.1. The van der Waals surface area contributed by atoms with E-state index in [0.717, 1.165) is 19.5 Å². The molecule has 0 radical (unpaired) electrons. The molecule has 3 rings (SSSR count). The molecule has 0 bridgehead atoms. The van der Waals surface area contributed by atoms with Crippen LogP contribution in [0.1, 0.15) is 63.9 Å². The minimum Gasteiger partial charge on any atom is -0.462 e. The Balaban J connectivity index is 0.000000277. The molecule has 0 spiro atoms. The van der Waals surface area contributed by atoms with Crippen molar-refractivity contribution in [3.8, 4) is 0 Å². The number of likely N-dealkylation sites (tertiary alicyclic amines) is 1. The summed E-state index contributed by atoms with van der Waals surface area (Å²) < 4.78 is 4.55. The number of piperidine rings is 1. The standard InChI is InChI=1S/C14H24N4.C5H10O2/c1-2-9-18(8-1)10-5-13-11-16-14(17-13)12-3-6-15-7-4-12;1-5(2,3)7-4-6/h11-12,15H,1-10H2,(H,16,17);4H,1-3H3. The summed E-state index contributed by atoms with van der Waals surface area (Å²) in [4.78, 5) is 20.3. The number of carbonyl (C=O) groups is 1. The lowest BCUT2D eigenvalue weighted by Gasteiger charge is -2.20. The van der Waals surface area contributed by atoms with Crippen LogP contribution in [0.2, 0.25) is 0 Å². The van der Waals surface area contributed by atoms with E-state index in [1.165, 1.54) is 56.8 Å². The molecular weight excluding hydrogens is 316 g/mol. The monoisotopic (exact) mass is 350 g/mol. The van der Waals surface area contributed by atoms with Gasteiger partial charge in [0, 0.05) is 25.1 Å². The van der Waals surface area contributed by atoms with E-state index in [1.807, 2.05) is 20.8 Å². The quantitative estimate of drug-likeness (QED) is 0.799. The van der Waals surface area contributed by atoms with Crippen LogP contribution in [-0.4, -0.2) is 59.7 Å². The third-order valence-corrected chi connectivity index (χ3v) is 4.66. The molecule has 3 heterocycles. The number of hydrogen-bond acceptors (Lipinski definition) is 5. The predicted octanol–water partition coefficient (Wildman–Crippen LogP) is 2.47. The van der Waals surface area contributed by atoms with Crippen LogP contribution in [0.15, 0.2) is 6.20 Å². The smallest absolute Gasteiger partial charge is 0.293 e. The maximum Gasteiger partial charge on any atom is 0.293 e. The fourth-order valence-corrected chi connectivity index (χ4v) is 3.23. The molecule has 2 fully saturated rings. The van der Waals surface area contributed by atoms with E-state index in [2.05, 4.69) is 26.1 Å². The molecule has 0 aromatic carbocycles. The van der Waals surface area contributed by atoms with E-state index in [4.69, 9.17) is 4.98 Å². The number of aromatic nitrogens is 2. The van der Waals surface area contributed by atoms with Crippen LogP contribution in [-0.2, 0) is 16.0 Å². The van der Waals surface area contributed by atoms with Crippen molar-refractivity contribution in [1.82, 2.24) is 20.2 Å². The highest BCUT2D eigenvalue weighted by atomic mass is 16.5. The van der Waals surface area contributed by atoms with Gasteiger partial charge in [-0.15, -0.1) is 0 Å². The van der Waals surface area contributed by atoms with Crippen LogP contribution in [0.25, 0.3) is 0 Å². The lowest BCUT2D eigenvalue weighted by molar-refractivity contribution is -0.138.